The predicted octanol–water partition coefficient (Wildman–Crippen LogP) is 2.61. The molecular weight excluding hydrogens is 202 g/mol. The van der Waals surface area contributed by atoms with Crippen LogP contribution in [-0.4, -0.2) is 18.6 Å². The van der Waals surface area contributed by atoms with Crippen molar-refractivity contribution in [2.24, 2.45) is 0 Å². The molecule has 88 valence electrons. The van der Waals surface area contributed by atoms with Gasteiger partial charge in [0.15, 0.2) is 0 Å². The minimum atomic E-state index is -0.313. The van der Waals surface area contributed by atoms with Gasteiger partial charge in [-0.3, -0.25) is 0 Å². The first-order valence-electron chi connectivity index (χ1n) is 5.69. The van der Waals surface area contributed by atoms with Gasteiger partial charge in [0.1, 0.15) is 6.04 Å². The molecule has 0 aliphatic carbocycles. The Balaban J connectivity index is 2.55. The van der Waals surface area contributed by atoms with E-state index in [1.165, 1.54) is 5.56 Å². The zero-order valence-electron chi connectivity index (χ0n) is 10.1. The van der Waals surface area contributed by atoms with E-state index >= 15 is 0 Å². The van der Waals surface area contributed by atoms with Crippen molar-refractivity contribution in [2.75, 3.05) is 11.9 Å². The molecule has 1 aromatic rings. The van der Waals surface area contributed by atoms with Crippen LogP contribution in [0.3, 0.4) is 0 Å². The summed E-state index contributed by atoms with van der Waals surface area (Å²) < 4.78 is 4.92. The summed E-state index contributed by atoms with van der Waals surface area (Å²) in [6, 6.07) is 7.76. The molecule has 0 saturated heterocycles. The fraction of sp³-hybridized carbons (Fsp3) is 0.462. The standard InChI is InChI=1S/C13H19NO2/c1-4-11-6-8-12(9-7-11)14-10(3)13(15)16-5-2/h6-10,14H,4-5H2,1-3H3. The maximum absolute atomic E-state index is 11.4. The molecule has 0 aliphatic rings. The van der Waals surface area contributed by atoms with Gasteiger partial charge in [0.2, 0.25) is 0 Å². The van der Waals surface area contributed by atoms with E-state index < -0.39 is 0 Å². The molecule has 1 unspecified atom stereocenters. The average Bonchev–Trinajstić information content (AvgIpc) is 2.30. The molecule has 0 spiro atoms. The van der Waals surface area contributed by atoms with Crippen LogP contribution in [0, 0.1) is 0 Å². The van der Waals surface area contributed by atoms with Gasteiger partial charge in [0, 0.05) is 5.69 Å². The minimum Gasteiger partial charge on any atom is -0.464 e. The SMILES string of the molecule is CCOC(=O)C(C)Nc1ccc(CC)cc1. The summed E-state index contributed by atoms with van der Waals surface area (Å²) in [6.07, 6.45) is 1.02. The number of nitrogens with one attached hydrogen (secondary N) is 1. The number of anilines is 1. The number of hydrogen-bond donors (Lipinski definition) is 1. The highest BCUT2D eigenvalue weighted by atomic mass is 16.5. The van der Waals surface area contributed by atoms with Crippen molar-refractivity contribution in [1.82, 2.24) is 0 Å². The molecular formula is C13H19NO2. The van der Waals surface area contributed by atoms with Crippen molar-refractivity contribution in [3.05, 3.63) is 29.8 Å². The van der Waals surface area contributed by atoms with Crippen LogP contribution >= 0.6 is 0 Å². The smallest absolute Gasteiger partial charge is 0.328 e. The maximum atomic E-state index is 11.4. The van der Waals surface area contributed by atoms with Crippen LogP contribution in [0.25, 0.3) is 0 Å². The van der Waals surface area contributed by atoms with Gasteiger partial charge in [-0.25, -0.2) is 4.79 Å². The first-order chi connectivity index (χ1) is 7.67. The molecule has 0 aromatic heterocycles. The quantitative estimate of drug-likeness (QED) is 0.777. The molecule has 3 nitrogen and oxygen atoms in total. The molecule has 16 heavy (non-hydrogen) atoms. The molecule has 0 saturated carbocycles. The number of esters is 1. The summed E-state index contributed by atoms with van der Waals surface area (Å²) in [5.41, 5.74) is 2.23. The Labute approximate surface area is 96.8 Å². The summed E-state index contributed by atoms with van der Waals surface area (Å²) in [6.45, 7) is 6.13. The summed E-state index contributed by atoms with van der Waals surface area (Å²) in [4.78, 5) is 11.4. The van der Waals surface area contributed by atoms with Crippen molar-refractivity contribution < 1.29 is 9.53 Å². The lowest BCUT2D eigenvalue weighted by atomic mass is 10.1. The monoisotopic (exact) mass is 221 g/mol. The van der Waals surface area contributed by atoms with Crippen LogP contribution in [0.1, 0.15) is 26.3 Å². The lowest BCUT2D eigenvalue weighted by Gasteiger charge is -2.13. The van der Waals surface area contributed by atoms with E-state index in [9.17, 15) is 4.79 Å². The van der Waals surface area contributed by atoms with Crippen molar-refractivity contribution in [3.63, 3.8) is 0 Å². The lowest BCUT2D eigenvalue weighted by Crippen LogP contribution is -2.28. The number of aryl methyl sites for hydroxylation is 1. The van der Waals surface area contributed by atoms with Crippen LogP contribution in [0.5, 0.6) is 0 Å². The summed E-state index contributed by atoms with van der Waals surface area (Å²) >= 11 is 0. The van der Waals surface area contributed by atoms with Gasteiger partial charge >= 0.3 is 5.97 Å². The van der Waals surface area contributed by atoms with Crippen LogP contribution in [0.15, 0.2) is 24.3 Å². The summed E-state index contributed by atoms with van der Waals surface area (Å²) in [7, 11) is 0. The lowest BCUT2D eigenvalue weighted by molar-refractivity contribution is -0.143. The van der Waals surface area contributed by atoms with Gasteiger partial charge in [0.25, 0.3) is 0 Å². The maximum Gasteiger partial charge on any atom is 0.328 e. The first kappa shape index (κ1) is 12.6. The second-order valence-corrected chi connectivity index (χ2v) is 3.67. The number of carbonyl (C=O) groups is 1. The molecule has 0 radical (unpaired) electrons. The fourth-order valence-corrected chi connectivity index (χ4v) is 1.41. The van der Waals surface area contributed by atoms with Crippen LogP contribution in [-0.2, 0) is 16.0 Å². The molecule has 0 bridgehead atoms. The molecule has 0 heterocycles. The average molecular weight is 221 g/mol. The normalized spacial score (nSPS) is 11.9. The molecule has 0 fully saturated rings. The van der Waals surface area contributed by atoms with Crippen molar-refractivity contribution in [1.29, 1.82) is 0 Å². The number of rotatable bonds is 5. The third-order valence-corrected chi connectivity index (χ3v) is 2.39. The van der Waals surface area contributed by atoms with E-state index in [0.717, 1.165) is 12.1 Å². The number of carbonyl (C=O) groups excluding carboxylic acids is 1. The van der Waals surface area contributed by atoms with Crippen molar-refractivity contribution >= 4 is 11.7 Å². The molecule has 1 aromatic carbocycles. The highest BCUT2D eigenvalue weighted by Crippen LogP contribution is 2.11. The highest BCUT2D eigenvalue weighted by Gasteiger charge is 2.12. The topological polar surface area (TPSA) is 38.3 Å². The largest absolute Gasteiger partial charge is 0.464 e. The number of benzene rings is 1. The minimum absolute atomic E-state index is 0.220. The molecule has 1 rings (SSSR count). The second kappa shape index (κ2) is 6.16. The van der Waals surface area contributed by atoms with Crippen molar-refractivity contribution in [3.8, 4) is 0 Å². The Hall–Kier alpha value is -1.51. The zero-order chi connectivity index (χ0) is 12.0. The van der Waals surface area contributed by atoms with Crippen LogP contribution < -0.4 is 5.32 Å². The Morgan fingerprint density at radius 2 is 1.94 bits per heavy atom. The van der Waals surface area contributed by atoms with Crippen LogP contribution in [0.4, 0.5) is 5.69 Å². The fourth-order valence-electron chi connectivity index (χ4n) is 1.41. The van der Waals surface area contributed by atoms with Crippen molar-refractivity contribution in [2.45, 2.75) is 33.2 Å². The predicted molar refractivity (Wildman–Crippen MR) is 65.5 cm³/mol. The molecule has 0 amide bonds. The van der Waals surface area contributed by atoms with E-state index in [0.29, 0.717) is 6.61 Å². The van der Waals surface area contributed by atoms with Gasteiger partial charge in [-0.2, -0.15) is 0 Å². The van der Waals surface area contributed by atoms with Gasteiger partial charge in [-0.1, -0.05) is 19.1 Å². The second-order valence-electron chi connectivity index (χ2n) is 3.67. The van der Waals surface area contributed by atoms with E-state index in [1.54, 1.807) is 13.8 Å². The Morgan fingerprint density at radius 1 is 1.31 bits per heavy atom. The Morgan fingerprint density at radius 3 is 2.44 bits per heavy atom. The highest BCUT2D eigenvalue weighted by molar-refractivity contribution is 5.78. The summed E-state index contributed by atoms with van der Waals surface area (Å²) in [5, 5.41) is 3.10. The molecule has 0 aliphatic heterocycles. The molecule has 3 heteroatoms. The number of ether oxygens (including phenoxy) is 1. The number of hydrogen-bond acceptors (Lipinski definition) is 3. The van der Waals surface area contributed by atoms with E-state index in [2.05, 4.69) is 24.4 Å². The third-order valence-electron chi connectivity index (χ3n) is 2.39. The van der Waals surface area contributed by atoms with Gasteiger partial charge in [0.05, 0.1) is 6.61 Å². The van der Waals surface area contributed by atoms with Gasteiger partial charge in [-0.05, 0) is 38.0 Å². The van der Waals surface area contributed by atoms with E-state index in [-0.39, 0.29) is 12.0 Å². The Kier molecular flexibility index (Phi) is 4.83. The molecule has 1 atom stereocenters. The van der Waals surface area contributed by atoms with Gasteiger partial charge in [-0.15, -0.1) is 0 Å². The van der Waals surface area contributed by atoms with E-state index in [4.69, 9.17) is 4.74 Å². The summed E-state index contributed by atoms with van der Waals surface area (Å²) in [5.74, 6) is -0.220. The van der Waals surface area contributed by atoms with Gasteiger partial charge < -0.3 is 10.1 Å². The first-order valence-corrected chi connectivity index (χ1v) is 5.69. The van der Waals surface area contributed by atoms with E-state index in [1.807, 2.05) is 12.1 Å². The molecule has 1 N–H and O–H groups in total. The Bertz CT molecular complexity index is 332. The zero-order valence-corrected chi connectivity index (χ0v) is 10.1. The van der Waals surface area contributed by atoms with Crippen LogP contribution in [0.2, 0.25) is 0 Å². The third kappa shape index (κ3) is 3.57.